The Bertz CT molecular complexity index is 1280. The van der Waals surface area contributed by atoms with Crippen LogP contribution in [0.5, 0.6) is 5.75 Å². The number of hydrogen-bond donors (Lipinski definition) is 1. The number of thioether (sulfide) groups is 1. The second kappa shape index (κ2) is 9.05. The SMILES string of the molecule is COc1ccc(Cn2c(SCC(=O)Nc3cc(C)on3)nc3ccccc3c2=O)cc1. The van der Waals surface area contributed by atoms with Gasteiger partial charge in [0, 0.05) is 6.07 Å². The Morgan fingerprint density at radius 2 is 1.97 bits per heavy atom. The Morgan fingerprint density at radius 3 is 2.68 bits per heavy atom. The quantitative estimate of drug-likeness (QED) is 0.350. The maximum atomic E-state index is 13.2. The second-order valence-corrected chi connectivity index (χ2v) is 7.75. The van der Waals surface area contributed by atoms with Crippen molar-refractivity contribution in [1.29, 1.82) is 0 Å². The van der Waals surface area contributed by atoms with E-state index in [1.54, 1.807) is 36.8 Å². The second-order valence-electron chi connectivity index (χ2n) is 6.81. The highest BCUT2D eigenvalue weighted by atomic mass is 32.2. The van der Waals surface area contributed by atoms with Crippen LogP contribution in [0.1, 0.15) is 11.3 Å². The summed E-state index contributed by atoms with van der Waals surface area (Å²) in [6.07, 6.45) is 0. The van der Waals surface area contributed by atoms with Crippen LogP contribution in [0.25, 0.3) is 10.9 Å². The van der Waals surface area contributed by atoms with Crippen LogP contribution in [0.3, 0.4) is 0 Å². The highest BCUT2D eigenvalue weighted by molar-refractivity contribution is 7.99. The topological polar surface area (TPSA) is 99.2 Å². The fourth-order valence-electron chi connectivity index (χ4n) is 3.05. The van der Waals surface area contributed by atoms with Crippen LogP contribution in [0.15, 0.2) is 69.1 Å². The predicted octanol–water partition coefficient (Wildman–Crippen LogP) is 3.48. The van der Waals surface area contributed by atoms with Gasteiger partial charge in [0.2, 0.25) is 5.91 Å². The minimum atomic E-state index is -0.267. The lowest BCUT2D eigenvalue weighted by atomic mass is 10.2. The van der Waals surface area contributed by atoms with E-state index in [9.17, 15) is 9.59 Å². The number of ether oxygens (including phenoxy) is 1. The van der Waals surface area contributed by atoms with Crippen LogP contribution in [-0.2, 0) is 11.3 Å². The first-order valence-electron chi connectivity index (χ1n) is 9.52. The molecule has 2 heterocycles. The largest absolute Gasteiger partial charge is 0.497 e. The summed E-state index contributed by atoms with van der Waals surface area (Å²) < 4.78 is 11.7. The Morgan fingerprint density at radius 1 is 1.19 bits per heavy atom. The number of benzene rings is 2. The molecule has 1 N–H and O–H groups in total. The molecule has 8 nitrogen and oxygen atoms in total. The number of carbonyl (C=O) groups is 1. The third-order valence-electron chi connectivity index (χ3n) is 4.55. The van der Waals surface area contributed by atoms with E-state index in [0.717, 1.165) is 11.3 Å². The van der Waals surface area contributed by atoms with Gasteiger partial charge in [-0.3, -0.25) is 14.2 Å². The molecule has 0 aliphatic rings. The smallest absolute Gasteiger partial charge is 0.262 e. The van der Waals surface area contributed by atoms with Crippen molar-refractivity contribution in [3.05, 3.63) is 76.3 Å². The maximum Gasteiger partial charge on any atom is 0.262 e. The van der Waals surface area contributed by atoms with Gasteiger partial charge in [-0.05, 0) is 36.8 Å². The molecule has 0 spiro atoms. The zero-order valence-corrected chi connectivity index (χ0v) is 17.8. The molecule has 0 saturated heterocycles. The summed E-state index contributed by atoms with van der Waals surface area (Å²) in [7, 11) is 1.60. The summed E-state index contributed by atoms with van der Waals surface area (Å²) in [6.45, 7) is 2.07. The van der Waals surface area contributed by atoms with Crippen molar-refractivity contribution >= 4 is 34.4 Å². The van der Waals surface area contributed by atoms with Gasteiger partial charge >= 0.3 is 0 Å². The predicted molar refractivity (Wildman–Crippen MR) is 119 cm³/mol. The number of amides is 1. The number of aryl methyl sites for hydroxylation is 1. The van der Waals surface area contributed by atoms with Crippen molar-refractivity contribution in [2.24, 2.45) is 0 Å². The van der Waals surface area contributed by atoms with Gasteiger partial charge in [0.1, 0.15) is 11.5 Å². The Hall–Kier alpha value is -3.59. The summed E-state index contributed by atoms with van der Waals surface area (Å²) in [4.78, 5) is 30.2. The number of nitrogens with one attached hydrogen (secondary N) is 1. The lowest BCUT2D eigenvalue weighted by Crippen LogP contribution is -2.25. The lowest BCUT2D eigenvalue weighted by Gasteiger charge is -2.13. The minimum absolute atomic E-state index is 0.0688. The number of hydrogen-bond acceptors (Lipinski definition) is 7. The highest BCUT2D eigenvalue weighted by Gasteiger charge is 2.14. The van der Waals surface area contributed by atoms with Crippen molar-refractivity contribution in [3.63, 3.8) is 0 Å². The van der Waals surface area contributed by atoms with E-state index in [1.807, 2.05) is 36.4 Å². The first-order chi connectivity index (χ1) is 15.0. The van der Waals surface area contributed by atoms with Crippen molar-refractivity contribution in [2.75, 3.05) is 18.2 Å². The first-order valence-corrected chi connectivity index (χ1v) is 10.5. The molecule has 31 heavy (non-hydrogen) atoms. The zero-order valence-electron chi connectivity index (χ0n) is 17.0. The van der Waals surface area contributed by atoms with Gasteiger partial charge in [-0.1, -0.05) is 41.2 Å². The number of nitrogens with zero attached hydrogens (tertiary/aromatic N) is 3. The third kappa shape index (κ3) is 4.77. The fraction of sp³-hybridized carbons (Fsp3) is 0.182. The van der Waals surface area contributed by atoms with Crippen LogP contribution in [-0.4, -0.2) is 33.5 Å². The van der Waals surface area contributed by atoms with E-state index >= 15 is 0 Å². The molecule has 1 amide bonds. The average molecular weight is 436 g/mol. The number of methoxy groups -OCH3 is 1. The molecule has 158 valence electrons. The molecule has 0 saturated carbocycles. The van der Waals surface area contributed by atoms with Crippen LogP contribution in [0, 0.1) is 6.92 Å². The lowest BCUT2D eigenvalue weighted by molar-refractivity contribution is -0.113. The molecule has 2 aromatic carbocycles. The highest BCUT2D eigenvalue weighted by Crippen LogP contribution is 2.20. The van der Waals surface area contributed by atoms with Gasteiger partial charge in [-0.25, -0.2) is 4.98 Å². The number of anilines is 1. The number of fused-ring (bicyclic) bond motifs is 1. The molecular formula is C22H20N4O4S. The molecule has 0 fully saturated rings. The van der Waals surface area contributed by atoms with Gasteiger partial charge in [0.25, 0.3) is 5.56 Å². The zero-order chi connectivity index (χ0) is 21.8. The summed E-state index contributed by atoms with van der Waals surface area (Å²) in [5.74, 6) is 1.50. The minimum Gasteiger partial charge on any atom is -0.497 e. The summed E-state index contributed by atoms with van der Waals surface area (Å²) in [6, 6.07) is 16.3. The van der Waals surface area contributed by atoms with Crippen LogP contribution < -0.4 is 15.6 Å². The van der Waals surface area contributed by atoms with Crippen LogP contribution in [0.4, 0.5) is 5.82 Å². The molecular weight excluding hydrogens is 416 g/mol. The normalized spacial score (nSPS) is 10.9. The van der Waals surface area contributed by atoms with Gasteiger partial charge < -0.3 is 14.6 Å². The van der Waals surface area contributed by atoms with E-state index in [4.69, 9.17) is 9.26 Å². The van der Waals surface area contributed by atoms with E-state index < -0.39 is 0 Å². The van der Waals surface area contributed by atoms with Crippen molar-refractivity contribution in [1.82, 2.24) is 14.7 Å². The molecule has 0 radical (unpaired) electrons. The van der Waals surface area contributed by atoms with Crippen LogP contribution in [0.2, 0.25) is 0 Å². The van der Waals surface area contributed by atoms with E-state index in [-0.39, 0.29) is 17.2 Å². The number of rotatable bonds is 7. The van der Waals surface area contributed by atoms with E-state index in [1.165, 1.54) is 11.8 Å². The van der Waals surface area contributed by atoms with Gasteiger partial charge in [0.15, 0.2) is 11.0 Å². The molecule has 4 rings (SSSR count). The van der Waals surface area contributed by atoms with Crippen molar-refractivity contribution < 1.29 is 14.1 Å². The molecule has 0 bridgehead atoms. The molecule has 0 unspecified atom stereocenters. The summed E-state index contributed by atoms with van der Waals surface area (Å²) in [5, 5.41) is 7.42. The van der Waals surface area contributed by atoms with Crippen molar-refractivity contribution in [3.8, 4) is 5.75 Å². The van der Waals surface area contributed by atoms with Gasteiger partial charge in [-0.2, -0.15) is 0 Å². The van der Waals surface area contributed by atoms with E-state index in [2.05, 4.69) is 15.5 Å². The average Bonchev–Trinajstić information content (AvgIpc) is 3.19. The molecule has 9 heteroatoms. The van der Waals surface area contributed by atoms with Gasteiger partial charge in [-0.15, -0.1) is 0 Å². The molecule has 0 aliphatic carbocycles. The van der Waals surface area contributed by atoms with E-state index in [0.29, 0.717) is 34.2 Å². The fourth-order valence-corrected chi connectivity index (χ4v) is 3.84. The van der Waals surface area contributed by atoms with Crippen LogP contribution >= 0.6 is 11.8 Å². The number of para-hydroxylation sites is 1. The number of aromatic nitrogens is 3. The monoisotopic (exact) mass is 436 g/mol. The summed E-state index contributed by atoms with van der Waals surface area (Å²) >= 11 is 1.19. The molecule has 2 aromatic heterocycles. The Kier molecular flexibility index (Phi) is 6.03. The maximum absolute atomic E-state index is 13.2. The van der Waals surface area contributed by atoms with Gasteiger partial charge in [0.05, 0.1) is 30.3 Å². The number of carbonyl (C=O) groups excluding carboxylic acids is 1. The van der Waals surface area contributed by atoms with Crippen molar-refractivity contribution in [2.45, 2.75) is 18.6 Å². The molecule has 0 aliphatic heterocycles. The summed E-state index contributed by atoms with van der Waals surface area (Å²) in [5.41, 5.74) is 1.36. The Labute approximate surface area is 182 Å². The standard InChI is InChI=1S/C22H20N4O4S/c1-14-11-19(25-30-14)24-20(27)13-31-22-23-18-6-4-3-5-17(18)21(28)26(22)12-15-7-9-16(29-2)10-8-15/h3-11H,12-13H2,1-2H3,(H,24,25,27). The molecule has 4 aromatic rings. The molecule has 0 atom stereocenters. The first kappa shape index (κ1) is 20.7. The third-order valence-corrected chi connectivity index (χ3v) is 5.53. The Balaban J connectivity index is 1.61.